The predicted molar refractivity (Wildman–Crippen MR) is 82.5 cm³/mol. The van der Waals surface area contributed by atoms with Gasteiger partial charge in [0.05, 0.1) is 13.7 Å². The van der Waals surface area contributed by atoms with Gasteiger partial charge < -0.3 is 14.8 Å². The molecule has 0 saturated carbocycles. The van der Waals surface area contributed by atoms with E-state index < -0.39 is 10.0 Å². The molecule has 1 fully saturated rings. The molecule has 1 aliphatic heterocycles. The van der Waals surface area contributed by atoms with E-state index in [4.69, 9.17) is 9.47 Å². The van der Waals surface area contributed by atoms with Gasteiger partial charge in [0, 0.05) is 19.1 Å². The lowest BCUT2D eigenvalue weighted by Gasteiger charge is -2.37. The van der Waals surface area contributed by atoms with Crippen LogP contribution in [0.25, 0.3) is 0 Å². The molecule has 0 spiro atoms. The summed E-state index contributed by atoms with van der Waals surface area (Å²) in [5, 5.41) is 5.00. The number of methoxy groups -OCH3 is 2. The van der Waals surface area contributed by atoms with Gasteiger partial charge in [-0.2, -0.15) is 0 Å². The molecular weight excluding hydrogens is 312 g/mol. The lowest BCUT2D eigenvalue weighted by molar-refractivity contribution is 0.0577. The molecule has 2 N–H and O–H groups in total. The van der Waals surface area contributed by atoms with Gasteiger partial charge in [0.15, 0.2) is 4.21 Å². The molecule has 6 nitrogen and oxygen atoms in total. The number of ether oxygens (including phenoxy) is 2. The molecule has 0 amide bonds. The summed E-state index contributed by atoms with van der Waals surface area (Å²) in [5.41, 5.74) is -0.141. The standard InChI is InChI=1S/C13H22N2O4S2/c1-18-10-13(4-6-14-7-5-13)9-15-21(16,17)12-11(19-2)3-8-20-12/h3,8,14-15H,4-7,9-10H2,1-2H3. The van der Waals surface area contributed by atoms with Crippen LogP contribution in [-0.2, 0) is 14.8 Å². The van der Waals surface area contributed by atoms with Crippen LogP contribution in [-0.4, -0.2) is 48.9 Å². The molecule has 1 aliphatic rings. The van der Waals surface area contributed by atoms with E-state index in [0.717, 1.165) is 37.3 Å². The summed E-state index contributed by atoms with van der Waals surface area (Å²) in [6.07, 6.45) is 1.79. The van der Waals surface area contributed by atoms with Crippen molar-refractivity contribution in [3.05, 3.63) is 11.4 Å². The van der Waals surface area contributed by atoms with Crippen LogP contribution in [0.1, 0.15) is 12.8 Å². The van der Waals surface area contributed by atoms with Gasteiger partial charge in [0.25, 0.3) is 10.0 Å². The molecule has 0 atom stereocenters. The van der Waals surface area contributed by atoms with Crippen molar-refractivity contribution < 1.29 is 17.9 Å². The SMILES string of the molecule is COCC1(CNS(=O)(=O)c2sccc2OC)CCNCC1. The Morgan fingerprint density at radius 1 is 1.38 bits per heavy atom. The van der Waals surface area contributed by atoms with Crippen LogP contribution in [0.4, 0.5) is 0 Å². The summed E-state index contributed by atoms with van der Waals surface area (Å²) in [6, 6.07) is 1.66. The zero-order chi connectivity index (χ0) is 15.3. The molecule has 21 heavy (non-hydrogen) atoms. The van der Waals surface area contributed by atoms with Crippen molar-refractivity contribution in [2.24, 2.45) is 5.41 Å². The second-order valence-corrected chi connectivity index (χ2v) is 8.16. The highest BCUT2D eigenvalue weighted by Crippen LogP contribution is 2.32. The third-order valence-corrected chi connectivity index (χ3v) is 6.66. The number of rotatable bonds is 7. The smallest absolute Gasteiger partial charge is 0.253 e. The quantitative estimate of drug-likeness (QED) is 0.779. The third kappa shape index (κ3) is 3.95. The number of nitrogens with one attached hydrogen (secondary N) is 2. The fourth-order valence-electron chi connectivity index (χ4n) is 2.58. The molecule has 0 unspecified atom stereocenters. The Bertz CT molecular complexity index is 545. The van der Waals surface area contributed by atoms with Crippen LogP contribution in [0.2, 0.25) is 0 Å². The van der Waals surface area contributed by atoms with Gasteiger partial charge in [-0.25, -0.2) is 13.1 Å². The number of hydrogen-bond donors (Lipinski definition) is 2. The predicted octanol–water partition coefficient (Wildman–Crippen LogP) is 1.05. The fraction of sp³-hybridized carbons (Fsp3) is 0.692. The van der Waals surface area contributed by atoms with Crippen LogP contribution in [0.15, 0.2) is 15.7 Å². The summed E-state index contributed by atoms with van der Waals surface area (Å²) in [5.74, 6) is 0.388. The number of sulfonamides is 1. The second-order valence-electron chi connectivity index (χ2n) is 5.28. The Morgan fingerprint density at radius 3 is 2.71 bits per heavy atom. The summed E-state index contributed by atoms with van der Waals surface area (Å²) >= 11 is 1.16. The maximum Gasteiger partial charge on any atom is 0.253 e. The number of hydrogen-bond acceptors (Lipinski definition) is 6. The fourth-order valence-corrected chi connectivity index (χ4v) is 5.06. The molecule has 0 aromatic carbocycles. The summed E-state index contributed by atoms with van der Waals surface area (Å²) in [4.78, 5) is 0. The van der Waals surface area contributed by atoms with Crippen molar-refractivity contribution in [2.75, 3.05) is 40.5 Å². The minimum atomic E-state index is -3.55. The number of thiophene rings is 1. The van der Waals surface area contributed by atoms with Crippen LogP contribution in [0, 0.1) is 5.41 Å². The first kappa shape index (κ1) is 16.7. The Morgan fingerprint density at radius 2 is 2.10 bits per heavy atom. The van der Waals surface area contributed by atoms with Gasteiger partial charge in [-0.05, 0) is 37.4 Å². The molecular formula is C13H22N2O4S2. The minimum absolute atomic E-state index is 0.141. The van der Waals surface area contributed by atoms with E-state index in [9.17, 15) is 8.42 Å². The van der Waals surface area contributed by atoms with Gasteiger partial charge in [-0.3, -0.25) is 0 Å². The Balaban J connectivity index is 2.09. The minimum Gasteiger partial charge on any atom is -0.494 e. The molecule has 2 heterocycles. The third-order valence-electron chi connectivity index (χ3n) is 3.81. The maximum atomic E-state index is 12.4. The molecule has 1 aromatic rings. The van der Waals surface area contributed by atoms with E-state index in [1.54, 1.807) is 18.6 Å². The largest absolute Gasteiger partial charge is 0.494 e. The molecule has 1 aromatic heterocycles. The zero-order valence-electron chi connectivity index (χ0n) is 12.3. The Kier molecular flexibility index (Phi) is 5.61. The summed E-state index contributed by atoms with van der Waals surface area (Å²) in [7, 11) is -0.422. The molecule has 0 bridgehead atoms. The monoisotopic (exact) mass is 334 g/mol. The van der Waals surface area contributed by atoms with Crippen LogP contribution in [0.5, 0.6) is 5.75 Å². The van der Waals surface area contributed by atoms with E-state index in [1.165, 1.54) is 7.11 Å². The Hall–Kier alpha value is -0.670. The van der Waals surface area contributed by atoms with E-state index in [-0.39, 0.29) is 9.62 Å². The zero-order valence-corrected chi connectivity index (χ0v) is 14.0. The molecule has 2 rings (SSSR count). The average Bonchev–Trinajstić information content (AvgIpc) is 2.96. The van der Waals surface area contributed by atoms with Crippen molar-refractivity contribution in [1.29, 1.82) is 0 Å². The van der Waals surface area contributed by atoms with Gasteiger partial charge >= 0.3 is 0 Å². The first-order valence-electron chi connectivity index (χ1n) is 6.84. The second kappa shape index (κ2) is 7.06. The van der Waals surface area contributed by atoms with Crippen molar-refractivity contribution in [2.45, 2.75) is 17.1 Å². The first-order chi connectivity index (χ1) is 10.0. The van der Waals surface area contributed by atoms with Gasteiger partial charge in [-0.15, -0.1) is 11.3 Å². The molecule has 1 saturated heterocycles. The average molecular weight is 334 g/mol. The van der Waals surface area contributed by atoms with Crippen molar-refractivity contribution in [3.63, 3.8) is 0 Å². The topological polar surface area (TPSA) is 76.7 Å². The molecule has 0 radical (unpaired) electrons. The maximum absolute atomic E-state index is 12.4. The Labute approximate surface area is 129 Å². The lowest BCUT2D eigenvalue weighted by atomic mass is 9.80. The molecule has 8 heteroatoms. The first-order valence-corrected chi connectivity index (χ1v) is 9.20. The van der Waals surface area contributed by atoms with Crippen molar-refractivity contribution >= 4 is 21.4 Å². The van der Waals surface area contributed by atoms with E-state index in [1.807, 2.05) is 0 Å². The van der Waals surface area contributed by atoms with Crippen LogP contribution < -0.4 is 14.8 Å². The summed E-state index contributed by atoms with van der Waals surface area (Å²) < 4.78 is 38.2. The lowest BCUT2D eigenvalue weighted by Crippen LogP contribution is -2.47. The number of piperidine rings is 1. The molecule has 0 aliphatic carbocycles. The van der Waals surface area contributed by atoms with E-state index >= 15 is 0 Å². The van der Waals surface area contributed by atoms with Crippen molar-refractivity contribution in [1.82, 2.24) is 10.0 Å². The van der Waals surface area contributed by atoms with E-state index in [0.29, 0.717) is 18.9 Å². The van der Waals surface area contributed by atoms with E-state index in [2.05, 4.69) is 10.0 Å². The van der Waals surface area contributed by atoms with Crippen molar-refractivity contribution in [3.8, 4) is 5.75 Å². The highest BCUT2D eigenvalue weighted by Gasteiger charge is 2.34. The van der Waals surface area contributed by atoms with Crippen LogP contribution >= 0.6 is 11.3 Å². The highest BCUT2D eigenvalue weighted by atomic mass is 32.2. The van der Waals surface area contributed by atoms with Gasteiger partial charge in [0.2, 0.25) is 0 Å². The summed E-state index contributed by atoms with van der Waals surface area (Å²) in [6.45, 7) is 2.70. The normalized spacial score (nSPS) is 18.6. The highest BCUT2D eigenvalue weighted by molar-refractivity contribution is 7.91. The van der Waals surface area contributed by atoms with Crippen LogP contribution in [0.3, 0.4) is 0 Å². The molecule has 120 valence electrons. The van der Waals surface area contributed by atoms with Gasteiger partial charge in [-0.1, -0.05) is 0 Å². The van der Waals surface area contributed by atoms with Gasteiger partial charge in [0.1, 0.15) is 5.75 Å².